The first-order valence-corrected chi connectivity index (χ1v) is 6.72. The van der Waals surface area contributed by atoms with E-state index in [4.69, 9.17) is 4.74 Å². The molecule has 0 aliphatic rings. The average molecular weight is 235 g/mol. The van der Waals surface area contributed by atoms with Crippen molar-refractivity contribution >= 4 is 0 Å². The molecule has 1 rings (SSSR count). The molecule has 2 heteroatoms. The Morgan fingerprint density at radius 3 is 2.82 bits per heavy atom. The molecule has 1 unspecified atom stereocenters. The maximum Gasteiger partial charge on any atom is 0.120 e. The second-order valence-electron chi connectivity index (χ2n) is 4.49. The summed E-state index contributed by atoms with van der Waals surface area (Å²) >= 11 is 0. The van der Waals surface area contributed by atoms with E-state index < -0.39 is 0 Å². The Kier molecular flexibility index (Phi) is 6.71. The minimum atomic E-state index is 0.221. The third kappa shape index (κ3) is 5.73. The lowest BCUT2D eigenvalue weighted by Gasteiger charge is -2.16. The van der Waals surface area contributed by atoms with Gasteiger partial charge in [0.2, 0.25) is 0 Å². The van der Waals surface area contributed by atoms with E-state index in [1.807, 2.05) is 6.07 Å². The second kappa shape index (κ2) is 8.13. The van der Waals surface area contributed by atoms with Crippen LogP contribution in [0.25, 0.3) is 0 Å². The van der Waals surface area contributed by atoms with Gasteiger partial charge in [-0.15, -0.1) is 0 Å². The Balaban J connectivity index is 2.31. The topological polar surface area (TPSA) is 21.3 Å². The van der Waals surface area contributed by atoms with Crippen molar-refractivity contribution in [3.8, 4) is 5.75 Å². The number of rotatable bonds is 8. The molecule has 1 N–H and O–H groups in total. The Bertz CT molecular complexity index is 312. The maximum atomic E-state index is 5.87. The fourth-order valence-corrected chi connectivity index (χ4v) is 1.72. The maximum absolute atomic E-state index is 5.87. The van der Waals surface area contributed by atoms with Crippen LogP contribution in [0.1, 0.15) is 39.2 Å². The summed E-state index contributed by atoms with van der Waals surface area (Å²) in [4.78, 5) is 0. The summed E-state index contributed by atoms with van der Waals surface area (Å²) in [6, 6.07) is 8.35. The smallest absolute Gasteiger partial charge is 0.120 e. The number of hydrogen-bond donors (Lipinski definition) is 1. The molecule has 2 nitrogen and oxygen atoms in total. The first-order valence-electron chi connectivity index (χ1n) is 6.72. The number of hydrogen-bond acceptors (Lipinski definition) is 2. The summed E-state index contributed by atoms with van der Waals surface area (Å²) in [5.41, 5.74) is 1.33. The van der Waals surface area contributed by atoms with Crippen molar-refractivity contribution in [2.45, 2.75) is 46.1 Å². The molecule has 0 aromatic heterocycles. The van der Waals surface area contributed by atoms with Crippen molar-refractivity contribution in [2.24, 2.45) is 0 Å². The van der Waals surface area contributed by atoms with Crippen molar-refractivity contribution in [1.29, 1.82) is 0 Å². The van der Waals surface area contributed by atoms with Crippen molar-refractivity contribution in [3.63, 3.8) is 0 Å². The highest BCUT2D eigenvalue weighted by atomic mass is 16.5. The van der Waals surface area contributed by atoms with Crippen LogP contribution in [-0.2, 0) is 6.42 Å². The van der Waals surface area contributed by atoms with Gasteiger partial charge < -0.3 is 10.1 Å². The standard InChI is InChI=1S/C15H25NO/c1-4-6-10-16-12-13(3)17-15-9-7-8-14(5-2)11-15/h7-9,11,13,16H,4-6,10,12H2,1-3H3. The van der Waals surface area contributed by atoms with E-state index in [-0.39, 0.29) is 6.10 Å². The van der Waals surface area contributed by atoms with Gasteiger partial charge in [0.15, 0.2) is 0 Å². The minimum Gasteiger partial charge on any atom is -0.489 e. The van der Waals surface area contributed by atoms with Crippen molar-refractivity contribution in [2.75, 3.05) is 13.1 Å². The molecule has 0 bridgehead atoms. The quantitative estimate of drug-likeness (QED) is 0.697. The van der Waals surface area contributed by atoms with E-state index in [2.05, 4.69) is 44.3 Å². The molecule has 0 aliphatic heterocycles. The lowest BCUT2D eigenvalue weighted by atomic mass is 10.2. The van der Waals surface area contributed by atoms with Crippen molar-refractivity contribution in [1.82, 2.24) is 5.32 Å². The Hall–Kier alpha value is -1.02. The lowest BCUT2D eigenvalue weighted by molar-refractivity contribution is 0.217. The van der Waals surface area contributed by atoms with Crippen LogP contribution in [0.3, 0.4) is 0 Å². The van der Waals surface area contributed by atoms with E-state index >= 15 is 0 Å². The molecule has 96 valence electrons. The summed E-state index contributed by atoms with van der Waals surface area (Å²) in [7, 11) is 0. The zero-order valence-electron chi connectivity index (χ0n) is 11.3. The molecule has 0 aliphatic carbocycles. The summed E-state index contributed by atoms with van der Waals surface area (Å²) in [5.74, 6) is 0.981. The van der Waals surface area contributed by atoms with Gasteiger partial charge >= 0.3 is 0 Å². The molecule has 17 heavy (non-hydrogen) atoms. The largest absolute Gasteiger partial charge is 0.489 e. The van der Waals surface area contributed by atoms with Crippen molar-refractivity contribution < 1.29 is 4.74 Å². The Morgan fingerprint density at radius 1 is 1.29 bits per heavy atom. The van der Waals surface area contributed by atoms with Gasteiger partial charge in [-0.05, 0) is 44.0 Å². The van der Waals surface area contributed by atoms with Crippen LogP contribution in [0.5, 0.6) is 5.75 Å². The minimum absolute atomic E-state index is 0.221. The van der Waals surface area contributed by atoms with Gasteiger partial charge in [0, 0.05) is 6.54 Å². The van der Waals surface area contributed by atoms with Gasteiger partial charge in [-0.25, -0.2) is 0 Å². The molecule has 0 amide bonds. The second-order valence-corrected chi connectivity index (χ2v) is 4.49. The van der Waals surface area contributed by atoms with Crippen LogP contribution in [0.2, 0.25) is 0 Å². The Labute approximate surface area is 105 Å². The number of unbranched alkanes of at least 4 members (excludes halogenated alkanes) is 1. The number of ether oxygens (including phenoxy) is 1. The van der Waals surface area contributed by atoms with E-state index in [9.17, 15) is 0 Å². The summed E-state index contributed by atoms with van der Waals surface area (Å²) < 4.78 is 5.87. The SMILES string of the molecule is CCCCNCC(C)Oc1cccc(CC)c1. The van der Waals surface area contributed by atoms with Gasteiger partial charge in [-0.2, -0.15) is 0 Å². The predicted molar refractivity (Wildman–Crippen MR) is 73.7 cm³/mol. The number of aryl methyl sites for hydroxylation is 1. The monoisotopic (exact) mass is 235 g/mol. The number of nitrogens with one attached hydrogen (secondary N) is 1. The highest BCUT2D eigenvalue weighted by molar-refractivity contribution is 5.28. The normalized spacial score (nSPS) is 12.4. The fourth-order valence-electron chi connectivity index (χ4n) is 1.72. The zero-order valence-corrected chi connectivity index (χ0v) is 11.3. The van der Waals surface area contributed by atoms with Crippen LogP contribution < -0.4 is 10.1 Å². The van der Waals surface area contributed by atoms with Crippen LogP contribution in [0, 0.1) is 0 Å². The molecular formula is C15H25NO. The van der Waals surface area contributed by atoms with Crippen LogP contribution in [0.15, 0.2) is 24.3 Å². The van der Waals surface area contributed by atoms with E-state index in [0.29, 0.717) is 0 Å². The van der Waals surface area contributed by atoms with Crippen LogP contribution in [0.4, 0.5) is 0 Å². The van der Waals surface area contributed by atoms with E-state index in [1.54, 1.807) is 0 Å². The fraction of sp³-hybridized carbons (Fsp3) is 0.600. The summed E-state index contributed by atoms with van der Waals surface area (Å²) in [6.07, 6.45) is 3.75. The first-order chi connectivity index (χ1) is 8.26. The van der Waals surface area contributed by atoms with Gasteiger partial charge in [-0.1, -0.05) is 32.4 Å². The van der Waals surface area contributed by atoms with Gasteiger partial charge in [0.25, 0.3) is 0 Å². The van der Waals surface area contributed by atoms with E-state index in [0.717, 1.165) is 25.3 Å². The highest BCUT2D eigenvalue weighted by Gasteiger charge is 2.03. The van der Waals surface area contributed by atoms with Crippen LogP contribution in [-0.4, -0.2) is 19.2 Å². The third-order valence-electron chi connectivity index (χ3n) is 2.78. The summed E-state index contributed by atoms with van der Waals surface area (Å²) in [5, 5.41) is 3.41. The summed E-state index contributed by atoms with van der Waals surface area (Å²) in [6.45, 7) is 8.47. The lowest BCUT2D eigenvalue weighted by Crippen LogP contribution is -2.29. The van der Waals surface area contributed by atoms with Gasteiger partial charge in [0.05, 0.1) is 0 Å². The van der Waals surface area contributed by atoms with Crippen molar-refractivity contribution in [3.05, 3.63) is 29.8 Å². The van der Waals surface area contributed by atoms with Crippen LogP contribution >= 0.6 is 0 Å². The highest BCUT2D eigenvalue weighted by Crippen LogP contribution is 2.15. The Morgan fingerprint density at radius 2 is 2.12 bits per heavy atom. The zero-order chi connectivity index (χ0) is 12.5. The molecule has 0 saturated heterocycles. The molecule has 0 fully saturated rings. The molecule has 1 aromatic rings. The van der Waals surface area contributed by atoms with E-state index in [1.165, 1.54) is 18.4 Å². The third-order valence-corrected chi connectivity index (χ3v) is 2.78. The molecule has 0 heterocycles. The average Bonchev–Trinajstić information content (AvgIpc) is 2.35. The molecular weight excluding hydrogens is 210 g/mol. The molecule has 0 radical (unpaired) electrons. The molecule has 1 aromatic carbocycles. The predicted octanol–water partition coefficient (Wildman–Crippen LogP) is 3.41. The molecule has 0 spiro atoms. The van der Waals surface area contributed by atoms with Gasteiger partial charge in [-0.3, -0.25) is 0 Å². The molecule has 1 atom stereocenters. The van der Waals surface area contributed by atoms with Gasteiger partial charge in [0.1, 0.15) is 11.9 Å². The first kappa shape index (κ1) is 14.0. The number of benzene rings is 1. The molecule has 0 saturated carbocycles.